The molecule has 0 saturated carbocycles. The lowest BCUT2D eigenvalue weighted by Gasteiger charge is -2.13. The average molecular weight is 486 g/mol. The Bertz CT molecular complexity index is 1090. The maximum Gasteiger partial charge on any atom is 0.416 e. The van der Waals surface area contributed by atoms with E-state index in [1.54, 1.807) is 11.7 Å². The number of nitrogens with one attached hydrogen (secondary N) is 1. The first-order valence-electron chi connectivity index (χ1n) is 9.29. The highest BCUT2D eigenvalue weighted by Crippen LogP contribution is 2.34. The second-order valence-corrected chi connectivity index (χ2v) is 8.00. The standard InChI is InChI=1S/C21H19ClF3N3O3S/c1-31-16-5-2-13(3-6-16)10-28-15(11-29)9-26-20(28)32-12-19(30)27-18-8-14(21(23,24)25)4-7-17(18)22/h2-9,29H,10-12H2,1H3,(H,27,30). The number of nitrogens with zero attached hydrogens (tertiary/aromatic N) is 2. The number of hydrogen-bond donors (Lipinski definition) is 2. The van der Waals surface area contributed by atoms with Crippen LogP contribution in [0.2, 0.25) is 5.02 Å². The Labute approximate surface area is 191 Å². The molecule has 11 heteroatoms. The van der Waals surface area contributed by atoms with E-state index in [1.165, 1.54) is 6.20 Å². The molecule has 1 aromatic heterocycles. The Morgan fingerprint density at radius 2 is 1.97 bits per heavy atom. The molecular formula is C21H19ClF3N3O3S. The van der Waals surface area contributed by atoms with Crippen molar-refractivity contribution in [3.05, 3.63) is 70.5 Å². The summed E-state index contributed by atoms with van der Waals surface area (Å²) in [5, 5.41) is 12.5. The van der Waals surface area contributed by atoms with Gasteiger partial charge >= 0.3 is 6.18 Å². The van der Waals surface area contributed by atoms with Gasteiger partial charge in [0.25, 0.3) is 0 Å². The highest BCUT2D eigenvalue weighted by atomic mass is 35.5. The van der Waals surface area contributed by atoms with Gasteiger partial charge in [-0.2, -0.15) is 13.2 Å². The van der Waals surface area contributed by atoms with Crippen LogP contribution in [-0.2, 0) is 24.1 Å². The van der Waals surface area contributed by atoms with E-state index >= 15 is 0 Å². The summed E-state index contributed by atoms with van der Waals surface area (Å²) in [7, 11) is 1.57. The molecule has 170 valence electrons. The van der Waals surface area contributed by atoms with Gasteiger partial charge in [-0.25, -0.2) is 4.98 Å². The molecule has 3 rings (SSSR count). The highest BCUT2D eigenvalue weighted by Gasteiger charge is 2.31. The lowest BCUT2D eigenvalue weighted by atomic mass is 10.2. The quantitative estimate of drug-likeness (QED) is 0.447. The molecule has 0 aliphatic carbocycles. The first-order valence-corrected chi connectivity index (χ1v) is 10.6. The van der Waals surface area contributed by atoms with E-state index < -0.39 is 17.6 Å². The Balaban J connectivity index is 1.69. The lowest BCUT2D eigenvalue weighted by molar-refractivity contribution is -0.137. The van der Waals surface area contributed by atoms with E-state index in [9.17, 15) is 23.1 Å². The molecule has 0 bridgehead atoms. The zero-order valence-electron chi connectivity index (χ0n) is 16.8. The number of hydrogen-bond acceptors (Lipinski definition) is 5. The van der Waals surface area contributed by atoms with Crippen LogP contribution in [-0.4, -0.2) is 33.4 Å². The molecule has 1 amide bonds. The number of anilines is 1. The van der Waals surface area contributed by atoms with Gasteiger partial charge in [-0.15, -0.1) is 0 Å². The van der Waals surface area contributed by atoms with E-state index in [2.05, 4.69) is 10.3 Å². The van der Waals surface area contributed by atoms with Gasteiger partial charge in [-0.1, -0.05) is 35.5 Å². The Morgan fingerprint density at radius 1 is 1.25 bits per heavy atom. The summed E-state index contributed by atoms with van der Waals surface area (Å²) >= 11 is 7.02. The molecule has 0 spiro atoms. The molecule has 0 aliphatic rings. The fourth-order valence-electron chi connectivity index (χ4n) is 2.83. The molecular weight excluding hydrogens is 467 g/mol. The number of alkyl halides is 3. The zero-order valence-corrected chi connectivity index (χ0v) is 18.4. The molecule has 0 unspecified atom stereocenters. The minimum atomic E-state index is -4.55. The predicted molar refractivity (Wildman–Crippen MR) is 116 cm³/mol. The van der Waals surface area contributed by atoms with Gasteiger partial charge in [0.1, 0.15) is 5.75 Å². The van der Waals surface area contributed by atoms with Gasteiger partial charge in [-0.3, -0.25) is 4.79 Å². The highest BCUT2D eigenvalue weighted by molar-refractivity contribution is 7.99. The second-order valence-electron chi connectivity index (χ2n) is 6.65. The van der Waals surface area contributed by atoms with Crippen LogP contribution in [0.15, 0.2) is 53.8 Å². The molecule has 3 aromatic rings. The van der Waals surface area contributed by atoms with Crippen LogP contribution in [0.3, 0.4) is 0 Å². The SMILES string of the molecule is COc1ccc(Cn2c(CO)cnc2SCC(=O)Nc2cc(C(F)(F)F)ccc2Cl)cc1. The van der Waals surface area contributed by atoms with Crippen LogP contribution in [0, 0.1) is 0 Å². The molecule has 2 aromatic carbocycles. The summed E-state index contributed by atoms with van der Waals surface area (Å²) in [6.07, 6.45) is -3.04. The van der Waals surface area contributed by atoms with E-state index in [-0.39, 0.29) is 23.1 Å². The number of aliphatic hydroxyl groups excluding tert-OH is 1. The van der Waals surface area contributed by atoms with E-state index in [1.807, 2.05) is 24.3 Å². The third-order valence-corrected chi connectivity index (χ3v) is 5.78. The smallest absolute Gasteiger partial charge is 0.416 e. The third kappa shape index (κ3) is 5.96. The minimum Gasteiger partial charge on any atom is -0.497 e. The number of carbonyl (C=O) groups is 1. The molecule has 6 nitrogen and oxygen atoms in total. The molecule has 0 fully saturated rings. The number of methoxy groups -OCH3 is 1. The second kappa shape index (κ2) is 10.3. The van der Waals surface area contributed by atoms with Gasteiger partial charge < -0.3 is 19.7 Å². The number of aromatic nitrogens is 2. The van der Waals surface area contributed by atoms with Crippen LogP contribution in [0.25, 0.3) is 0 Å². The summed E-state index contributed by atoms with van der Waals surface area (Å²) < 4.78 is 45.6. The van der Waals surface area contributed by atoms with Crippen molar-refractivity contribution in [1.82, 2.24) is 9.55 Å². The van der Waals surface area contributed by atoms with Gasteiger partial charge in [-0.05, 0) is 35.9 Å². The lowest BCUT2D eigenvalue weighted by Crippen LogP contribution is -2.16. The maximum atomic E-state index is 12.9. The molecule has 0 aliphatic heterocycles. The van der Waals surface area contributed by atoms with Crippen molar-refractivity contribution in [1.29, 1.82) is 0 Å². The van der Waals surface area contributed by atoms with Crippen molar-refractivity contribution in [3.63, 3.8) is 0 Å². The summed E-state index contributed by atoms with van der Waals surface area (Å²) in [5.41, 5.74) is 0.461. The molecule has 0 radical (unpaired) electrons. The largest absolute Gasteiger partial charge is 0.497 e. The van der Waals surface area contributed by atoms with Crippen LogP contribution in [0.5, 0.6) is 5.75 Å². The Hall–Kier alpha value is -2.69. The summed E-state index contributed by atoms with van der Waals surface area (Å²) in [6.45, 7) is 0.166. The fraction of sp³-hybridized carbons (Fsp3) is 0.238. The van der Waals surface area contributed by atoms with Gasteiger partial charge in [0.15, 0.2) is 5.16 Å². The van der Waals surface area contributed by atoms with E-state index in [0.29, 0.717) is 23.1 Å². The Kier molecular flexibility index (Phi) is 7.70. The summed E-state index contributed by atoms with van der Waals surface area (Å²) in [6, 6.07) is 10.1. The van der Waals surface area contributed by atoms with E-state index in [0.717, 1.165) is 35.5 Å². The van der Waals surface area contributed by atoms with Crippen LogP contribution < -0.4 is 10.1 Å². The van der Waals surface area contributed by atoms with Gasteiger partial charge in [0.2, 0.25) is 5.91 Å². The zero-order chi connectivity index (χ0) is 23.3. The maximum absolute atomic E-state index is 12.9. The minimum absolute atomic E-state index is 0.0000716. The first-order chi connectivity index (χ1) is 15.2. The third-order valence-electron chi connectivity index (χ3n) is 4.46. The summed E-state index contributed by atoms with van der Waals surface area (Å²) in [4.78, 5) is 16.6. The number of ether oxygens (including phenoxy) is 1. The Morgan fingerprint density at radius 3 is 2.59 bits per heavy atom. The van der Waals surface area contributed by atoms with E-state index in [4.69, 9.17) is 16.3 Å². The van der Waals surface area contributed by atoms with Crippen molar-refractivity contribution in [2.75, 3.05) is 18.2 Å². The number of halogens is 4. The monoisotopic (exact) mass is 485 g/mol. The van der Waals surface area contributed by atoms with Crippen molar-refractivity contribution in [3.8, 4) is 5.75 Å². The molecule has 2 N–H and O–H groups in total. The van der Waals surface area contributed by atoms with Crippen molar-refractivity contribution in [2.45, 2.75) is 24.5 Å². The van der Waals surface area contributed by atoms with Gasteiger partial charge in [0, 0.05) is 6.54 Å². The van der Waals surface area contributed by atoms with Crippen molar-refractivity contribution < 1.29 is 27.8 Å². The average Bonchev–Trinajstić information content (AvgIpc) is 3.15. The number of imidazole rings is 1. The molecule has 0 saturated heterocycles. The number of rotatable bonds is 8. The number of benzene rings is 2. The van der Waals surface area contributed by atoms with Crippen molar-refractivity contribution >= 4 is 35.0 Å². The number of carbonyl (C=O) groups excluding carboxylic acids is 1. The van der Waals surface area contributed by atoms with Crippen LogP contribution >= 0.6 is 23.4 Å². The topological polar surface area (TPSA) is 76.4 Å². The van der Waals surface area contributed by atoms with Crippen LogP contribution in [0.4, 0.5) is 18.9 Å². The fourth-order valence-corrected chi connectivity index (χ4v) is 3.79. The number of thioether (sulfide) groups is 1. The molecule has 1 heterocycles. The number of amides is 1. The number of aliphatic hydroxyl groups is 1. The summed E-state index contributed by atoms with van der Waals surface area (Å²) in [5.74, 6) is 0.0546. The van der Waals surface area contributed by atoms with Crippen LogP contribution in [0.1, 0.15) is 16.8 Å². The van der Waals surface area contributed by atoms with Crippen molar-refractivity contribution in [2.24, 2.45) is 0 Å². The first kappa shape index (κ1) is 24.0. The molecule has 32 heavy (non-hydrogen) atoms. The van der Waals surface area contributed by atoms with Gasteiger partial charge in [0.05, 0.1) is 47.6 Å². The predicted octanol–water partition coefficient (Wildman–Crippen LogP) is 4.84. The molecule has 0 atom stereocenters. The normalized spacial score (nSPS) is 11.4.